The van der Waals surface area contributed by atoms with E-state index >= 15 is 0 Å². The van der Waals surface area contributed by atoms with Gasteiger partial charge in [-0.15, -0.1) is 0 Å². The van der Waals surface area contributed by atoms with E-state index in [-0.39, 0.29) is 10.8 Å². The zero-order chi connectivity index (χ0) is 23.6. The van der Waals surface area contributed by atoms with Gasteiger partial charge in [0.25, 0.3) is 10.0 Å². The number of ether oxygens (including phenoxy) is 1. The Balaban J connectivity index is 1.53. The highest BCUT2D eigenvalue weighted by atomic mass is 35.5. The van der Waals surface area contributed by atoms with Crippen LogP contribution < -0.4 is 14.8 Å². The summed E-state index contributed by atoms with van der Waals surface area (Å²) in [7, 11) is -2.27. The molecule has 0 radical (unpaired) electrons. The molecule has 2 aromatic carbocycles. The van der Waals surface area contributed by atoms with E-state index in [1.807, 2.05) is 6.07 Å². The number of hydrogen-bond acceptors (Lipinski definition) is 8. The Labute approximate surface area is 195 Å². The first-order valence-electron chi connectivity index (χ1n) is 9.75. The minimum absolute atomic E-state index is 0.0794. The Morgan fingerprint density at radius 1 is 1.03 bits per heavy atom. The third-order valence-electron chi connectivity index (χ3n) is 4.93. The molecule has 0 spiro atoms. The van der Waals surface area contributed by atoms with E-state index in [0.717, 1.165) is 5.56 Å². The van der Waals surface area contributed by atoms with E-state index in [0.29, 0.717) is 39.2 Å². The van der Waals surface area contributed by atoms with E-state index in [9.17, 15) is 8.42 Å². The number of nitrogens with zero attached hydrogens (tertiary/aromatic N) is 3. The lowest BCUT2D eigenvalue weighted by Crippen LogP contribution is -2.13. The first-order valence-corrected chi connectivity index (χ1v) is 11.6. The number of benzene rings is 2. The quantitative estimate of drug-likeness (QED) is 0.377. The molecule has 0 fully saturated rings. The summed E-state index contributed by atoms with van der Waals surface area (Å²) in [6.07, 6.45) is 1.43. The second-order valence-electron chi connectivity index (χ2n) is 7.11. The number of halogens is 1. The lowest BCUT2D eigenvalue weighted by molar-refractivity contribution is 0.416. The molecular weight excluding hydrogens is 466 g/mol. The standard InChI is InChI=1S/C22H20ClN5O4S/c1-13-14(2)27-32-22(13)28-33(29,30)17-7-5-16(6-8-17)26-21-11-19(24-12-25-21)18-9-4-15(23)10-20(18)31-3/h4-12,28H,1-3H3,(H,24,25,26). The van der Waals surface area contributed by atoms with E-state index in [2.05, 4.69) is 25.2 Å². The molecule has 4 rings (SSSR count). The highest BCUT2D eigenvalue weighted by Crippen LogP contribution is 2.32. The molecular formula is C22H20ClN5O4S. The summed E-state index contributed by atoms with van der Waals surface area (Å²) in [4.78, 5) is 8.62. The van der Waals surface area contributed by atoms with Gasteiger partial charge in [-0.1, -0.05) is 16.8 Å². The van der Waals surface area contributed by atoms with Gasteiger partial charge in [-0.3, -0.25) is 0 Å². The molecule has 0 amide bonds. The zero-order valence-electron chi connectivity index (χ0n) is 18.0. The van der Waals surface area contributed by atoms with Crippen molar-refractivity contribution in [2.45, 2.75) is 18.7 Å². The van der Waals surface area contributed by atoms with Crippen LogP contribution in [0, 0.1) is 13.8 Å². The maximum absolute atomic E-state index is 12.7. The minimum Gasteiger partial charge on any atom is -0.496 e. The van der Waals surface area contributed by atoms with Gasteiger partial charge in [-0.25, -0.2) is 23.1 Å². The summed E-state index contributed by atoms with van der Waals surface area (Å²) in [6.45, 7) is 3.46. The fourth-order valence-corrected chi connectivity index (χ4v) is 4.22. The molecule has 0 saturated heterocycles. The number of nitrogens with one attached hydrogen (secondary N) is 2. The van der Waals surface area contributed by atoms with Gasteiger partial charge in [-0.2, -0.15) is 0 Å². The smallest absolute Gasteiger partial charge is 0.264 e. The molecule has 9 nitrogen and oxygen atoms in total. The summed E-state index contributed by atoms with van der Waals surface area (Å²) in [5.41, 5.74) is 3.30. The van der Waals surface area contributed by atoms with E-state index in [4.69, 9.17) is 20.9 Å². The fourth-order valence-electron chi connectivity index (χ4n) is 3.01. The summed E-state index contributed by atoms with van der Waals surface area (Å²) in [6, 6.07) is 13.3. The van der Waals surface area contributed by atoms with Gasteiger partial charge in [0, 0.05) is 27.9 Å². The van der Waals surface area contributed by atoms with Crippen molar-refractivity contribution in [2.24, 2.45) is 0 Å². The highest BCUT2D eigenvalue weighted by molar-refractivity contribution is 7.92. The summed E-state index contributed by atoms with van der Waals surface area (Å²) in [5.74, 6) is 1.21. The maximum Gasteiger partial charge on any atom is 0.264 e. The van der Waals surface area contributed by atoms with Crippen molar-refractivity contribution in [3.63, 3.8) is 0 Å². The lowest BCUT2D eigenvalue weighted by Gasteiger charge is -2.11. The van der Waals surface area contributed by atoms with E-state index in [1.54, 1.807) is 51.3 Å². The van der Waals surface area contributed by atoms with Crippen LogP contribution in [0.15, 0.2) is 64.3 Å². The number of sulfonamides is 1. The van der Waals surface area contributed by atoms with Crippen molar-refractivity contribution in [1.82, 2.24) is 15.1 Å². The molecule has 0 unspecified atom stereocenters. The van der Waals surface area contributed by atoms with Gasteiger partial charge in [0.2, 0.25) is 5.88 Å². The van der Waals surface area contributed by atoms with Crippen molar-refractivity contribution in [2.75, 3.05) is 17.1 Å². The average molecular weight is 486 g/mol. The number of rotatable bonds is 7. The largest absolute Gasteiger partial charge is 0.496 e. The first-order chi connectivity index (χ1) is 15.8. The van der Waals surface area contributed by atoms with Crippen LogP contribution in [0.3, 0.4) is 0 Å². The van der Waals surface area contributed by atoms with Crippen LogP contribution in [-0.4, -0.2) is 30.7 Å². The number of methoxy groups -OCH3 is 1. The molecule has 0 bridgehead atoms. The molecule has 0 aliphatic rings. The first kappa shape index (κ1) is 22.6. The van der Waals surface area contributed by atoms with Crippen molar-refractivity contribution >= 4 is 39.0 Å². The maximum atomic E-state index is 12.7. The van der Waals surface area contributed by atoms with E-state index < -0.39 is 10.0 Å². The molecule has 33 heavy (non-hydrogen) atoms. The monoisotopic (exact) mass is 485 g/mol. The molecule has 4 aromatic rings. The van der Waals surface area contributed by atoms with Gasteiger partial charge in [0.05, 0.1) is 23.4 Å². The SMILES string of the molecule is COc1cc(Cl)ccc1-c1cc(Nc2ccc(S(=O)(=O)Nc3onc(C)c3C)cc2)ncn1. The van der Waals surface area contributed by atoms with Crippen LogP contribution in [0.2, 0.25) is 5.02 Å². The van der Waals surface area contributed by atoms with Gasteiger partial charge in [0.15, 0.2) is 0 Å². The Morgan fingerprint density at radius 2 is 1.79 bits per heavy atom. The number of anilines is 3. The van der Waals surface area contributed by atoms with Gasteiger partial charge in [0.1, 0.15) is 17.9 Å². The van der Waals surface area contributed by atoms with Gasteiger partial charge >= 0.3 is 0 Å². The zero-order valence-corrected chi connectivity index (χ0v) is 19.5. The number of hydrogen-bond donors (Lipinski definition) is 2. The Hall–Kier alpha value is -3.63. The van der Waals surface area contributed by atoms with Crippen LogP contribution >= 0.6 is 11.6 Å². The summed E-state index contributed by atoms with van der Waals surface area (Å²) >= 11 is 6.04. The van der Waals surface area contributed by atoms with Gasteiger partial charge in [-0.05, 0) is 56.3 Å². The predicted molar refractivity (Wildman–Crippen MR) is 126 cm³/mol. The molecule has 0 saturated carbocycles. The molecule has 2 heterocycles. The van der Waals surface area contributed by atoms with Crippen LogP contribution in [-0.2, 0) is 10.0 Å². The molecule has 0 atom stereocenters. The highest BCUT2D eigenvalue weighted by Gasteiger charge is 2.19. The Morgan fingerprint density at radius 3 is 2.45 bits per heavy atom. The topological polar surface area (TPSA) is 119 Å². The molecule has 2 N–H and O–H groups in total. The van der Waals surface area contributed by atoms with Crippen LogP contribution in [0.1, 0.15) is 11.3 Å². The summed E-state index contributed by atoms with van der Waals surface area (Å²) in [5, 5.41) is 7.46. The van der Waals surface area contributed by atoms with Crippen molar-refractivity contribution in [1.29, 1.82) is 0 Å². The van der Waals surface area contributed by atoms with Crippen molar-refractivity contribution in [3.05, 3.63) is 71.1 Å². The third kappa shape index (κ3) is 4.91. The number of aromatic nitrogens is 3. The van der Waals surface area contributed by atoms with Crippen LogP contribution in [0.4, 0.5) is 17.4 Å². The average Bonchev–Trinajstić information content (AvgIpc) is 3.11. The van der Waals surface area contributed by atoms with Gasteiger partial charge < -0.3 is 14.6 Å². The second kappa shape index (κ2) is 9.08. The minimum atomic E-state index is -3.83. The Kier molecular flexibility index (Phi) is 6.21. The van der Waals surface area contributed by atoms with E-state index in [1.165, 1.54) is 18.5 Å². The molecule has 170 valence electrons. The molecule has 0 aliphatic carbocycles. The van der Waals surface area contributed by atoms with Crippen LogP contribution in [0.25, 0.3) is 11.3 Å². The second-order valence-corrected chi connectivity index (χ2v) is 9.23. The molecule has 0 aliphatic heterocycles. The summed E-state index contributed by atoms with van der Waals surface area (Å²) < 4.78 is 38.2. The lowest BCUT2D eigenvalue weighted by atomic mass is 10.1. The normalized spacial score (nSPS) is 11.3. The molecule has 11 heteroatoms. The molecule has 2 aromatic heterocycles. The third-order valence-corrected chi connectivity index (χ3v) is 6.51. The Bertz CT molecular complexity index is 1400. The van der Waals surface area contributed by atoms with Crippen LogP contribution in [0.5, 0.6) is 5.75 Å². The predicted octanol–water partition coefficient (Wildman–Crippen LogP) is 4.95. The fraction of sp³-hybridized carbons (Fsp3) is 0.136. The van der Waals surface area contributed by atoms with Crippen molar-refractivity contribution in [3.8, 4) is 17.0 Å². The van der Waals surface area contributed by atoms with Crippen molar-refractivity contribution < 1.29 is 17.7 Å². The number of aryl methyl sites for hydroxylation is 1.